The van der Waals surface area contributed by atoms with Crippen molar-refractivity contribution < 1.29 is 19.6 Å². The van der Waals surface area contributed by atoms with Gasteiger partial charge in [-0.25, -0.2) is 5.48 Å². The molecule has 1 saturated heterocycles. The van der Waals surface area contributed by atoms with Gasteiger partial charge in [-0.3, -0.25) is 19.6 Å². The lowest BCUT2D eigenvalue weighted by atomic mass is 9.86. The molecule has 188 valence electrons. The van der Waals surface area contributed by atoms with Gasteiger partial charge in [0.2, 0.25) is 17.7 Å². The van der Waals surface area contributed by atoms with E-state index in [1.54, 1.807) is 15.3 Å². The number of hydrogen-bond acceptors (Lipinski definition) is 4. The molecule has 0 unspecified atom stereocenters. The minimum atomic E-state index is -0.530. The third-order valence-corrected chi connectivity index (χ3v) is 7.44. The lowest BCUT2D eigenvalue weighted by molar-refractivity contribution is -0.158. The lowest BCUT2D eigenvalue weighted by Gasteiger charge is -2.47. The summed E-state index contributed by atoms with van der Waals surface area (Å²) in [7, 11) is 0. The van der Waals surface area contributed by atoms with Crippen LogP contribution in [0.25, 0.3) is 10.9 Å². The Morgan fingerprint density at radius 3 is 2.58 bits per heavy atom. The summed E-state index contributed by atoms with van der Waals surface area (Å²) < 4.78 is 0. The first-order valence-electron chi connectivity index (χ1n) is 12.7. The minimum absolute atomic E-state index is 0.00213. The zero-order valence-electron chi connectivity index (χ0n) is 20.5. The molecule has 0 spiro atoms. The number of rotatable bonds is 8. The first-order chi connectivity index (χ1) is 17.5. The molecule has 0 bridgehead atoms. The molecule has 1 fully saturated rings. The molecule has 8 heteroatoms. The Morgan fingerprint density at radius 2 is 1.81 bits per heavy atom. The zero-order chi connectivity index (χ0) is 25.2. The summed E-state index contributed by atoms with van der Waals surface area (Å²) in [6.45, 7) is 2.65. The first-order valence-corrected chi connectivity index (χ1v) is 12.7. The molecular formula is C28H32N4O4. The van der Waals surface area contributed by atoms with Crippen LogP contribution in [-0.4, -0.2) is 56.8 Å². The smallest absolute Gasteiger partial charge is 0.246 e. The summed E-state index contributed by atoms with van der Waals surface area (Å²) in [5.74, 6) is -0.416. The number of aryl methyl sites for hydroxylation is 1. The normalized spacial score (nSPS) is 19.4. The van der Waals surface area contributed by atoms with E-state index in [-0.39, 0.29) is 36.7 Å². The number of unbranched alkanes of at least 4 members (excludes halogenated alkanes) is 3. The van der Waals surface area contributed by atoms with Gasteiger partial charge < -0.3 is 14.8 Å². The predicted octanol–water partition coefficient (Wildman–Crippen LogP) is 3.62. The topological polar surface area (TPSA) is 106 Å². The number of aromatic nitrogens is 1. The Labute approximate surface area is 210 Å². The number of aromatic amines is 1. The average Bonchev–Trinajstić information content (AvgIpc) is 3.26. The second-order valence-corrected chi connectivity index (χ2v) is 9.86. The molecule has 1 aromatic heterocycles. The van der Waals surface area contributed by atoms with Crippen LogP contribution in [0.4, 0.5) is 0 Å². The number of nitrogens with zero attached hydrogens (tertiary/aromatic N) is 2. The van der Waals surface area contributed by atoms with Crippen LogP contribution in [0, 0.1) is 6.92 Å². The fraction of sp³-hybridized carbons (Fsp3) is 0.393. The molecule has 5 rings (SSSR count). The Bertz CT molecular complexity index is 1280. The molecule has 8 nitrogen and oxygen atoms in total. The van der Waals surface area contributed by atoms with Gasteiger partial charge in [0.25, 0.3) is 0 Å². The minimum Gasteiger partial charge on any atom is -0.356 e. The fourth-order valence-corrected chi connectivity index (χ4v) is 5.61. The van der Waals surface area contributed by atoms with Crippen molar-refractivity contribution in [3.8, 4) is 0 Å². The van der Waals surface area contributed by atoms with Crippen molar-refractivity contribution in [2.24, 2.45) is 0 Å². The first kappa shape index (κ1) is 24.1. The van der Waals surface area contributed by atoms with Gasteiger partial charge in [0.05, 0.1) is 12.6 Å². The van der Waals surface area contributed by atoms with Crippen molar-refractivity contribution >= 4 is 28.6 Å². The van der Waals surface area contributed by atoms with Crippen LogP contribution in [0.3, 0.4) is 0 Å². The Hall–Kier alpha value is -3.65. The predicted molar refractivity (Wildman–Crippen MR) is 135 cm³/mol. The van der Waals surface area contributed by atoms with Crippen molar-refractivity contribution in [3.63, 3.8) is 0 Å². The maximum Gasteiger partial charge on any atom is 0.246 e. The molecule has 3 aromatic rings. The number of carbonyl (C=O) groups is 3. The van der Waals surface area contributed by atoms with Crippen LogP contribution in [0.5, 0.6) is 0 Å². The number of carbonyl (C=O) groups excluding carboxylic acids is 3. The van der Waals surface area contributed by atoms with Gasteiger partial charge in [-0.15, -0.1) is 0 Å². The summed E-state index contributed by atoms with van der Waals surface area (Å²) in [5.41, 5.74) is 6.92. The molecule has 0 saturated carbocycles. The van der Waals surface area contributed by atoms with E-state index in [2.05, 4.69) is 23.2 Å². The molecule has 2 aliphatic heterocycles. The van der Waals surface area contributed by atoms with E-state index in [0.717, 1.165) is 52.5 Å². The van der Waals surface area contributed by atoms with Crippen LogP contribution in [0.2, 0.25) is 0 Å². The van der Waals surface area contributed by atoms with Crippen molar-refractivity contribution in [1.82, 2.24) is 20.3 Å². The van der Waals surface area contributed by atoms with E-state index in [1.807, 2.05) is 37.3 Å². The third-order valence-electron chi connectivity index (χ3n) is 7.44. The van der Waals surface area contributed by atoms with Crippen LogP contribution in [0.15, 0.2) is 48.5 Å². The fourth-order valence-electron chi connectivity index (χ4n) is 5.61. The Kier molecular flexibility index (Phi) is 6.78. The molecule has 3 heterocycles. The molecule has 3 N–H and O–H groups in total. The van der Waals surface area contributed by atoms with E-state index < -0.39 is 6.04 Å². The highest BCUT2D eigenvalue weighted by molar-refractivity contribution is 5.97. The van der Waals surface area contributed by atoms with Crippen molar-refractivity contribution in [1.29, 1.82) is 0 Å². The van der Waals surface area contributed by atoms with E-state index in [1.165, 1.54) is 0 Å². The standard InChI is InChI=1S/C28H32N4O4/c1-18-11-13-19(14-12-18)27-26-21(20-8-5-6-9-22(20)29-26)16-23-28(35)31(17-25(34)32(23)27)15-7-3-2-4-10-24(33)30-36/h5-6,8-9,11-14,23,27,29,36H,2-4,7,10,15-17H2,1H3,(H,30,33)/t23-,27-/m0/s1. The van der Waals surface area contributed by atoms with Gasteiger partial charge in [0.15, 0.2) is 0 Å². The molecule has 0 radical (unpaired) electrons. The van der Waals surface area contributed by atoms with E-state index >= 15 is 0 Å². The third kappa shape index (κ3) is 4.48. The summed E-state index contributed by atoms with van der Waals surface area (Å²) in [6.07, 6.45) is 3.90. The highest BCUT2D eigenvalue weighted by atomic mass is 16.5. The second kappa shape index (κ2) is 10.1. The zero-order valence-corrected chi connectivity index (χ0v) is 20.5. The second-order valence-electron chi connectivity index (χ2n) is 9.86. The molecule has 2 aromatic carbocycles. The molecule has 2 aliphatic rings. The molecule has 2 atom stereocenters. The number of amides is 3. The number of nitrogens with one attached hydrogen (secondary N) is 2. The van der Waals surface area contributed by atoms with E-state index in [0.29, 0.717) is 19.4 Å². The van der Waals surface area contributed by atoms with Crippen LogP contribution in [0.1, 0.15) is 60.5 Å². The molecule has 3 amide bonds. The van der Waals surface area contributed by atoms with Gasteiger partial charge in [-0.2, -0.15) is 0 Å². The van der Waals surface area contributed by atoms with E-state index in [4.69, 9.17) is 5.21 Å². The number of H-pyrrole nitrogens is 1. The number of hydroxylamine groups is 1. The van der Waals surface area contributed by atoms with Gasteiger partial charge in [0.1, 0.15) is 6.04 Å². The Morgan fingerprint density at radius 1 is 1.06 bits per heavy atom. The van der Waals surface area contributed by atoms with Gasteiger partial charge in [0, 0.05) is 36.0 Å². The van der Waals surface area contributed by atoms with Crippen molar-refractivity contribution in [2.45, 2.75) is 57.5 Å². The number of benzene rings is 2. The summed E-state index contributed by atoms with van der Waals surface area (Å²) in [4.78, 5) is 45.5. The Balaban J connectivity index is 1.38. The lowest BCUT2D eigenvalue weighted by Crippen LogP contribution is -2.63. The highest BCUT2D eigenvalue weighted by Crippen LogP contribution is 2.42. The number of hydrogen-bond donors (Lipinski definition) is 3. The van der Waals surface area contributed by atoms with Crippen molar-refractivity contribution in [3.05, 3.63) is 70.9 Å². The van der Waals surface area contributed by atoms with Crippen LogP contribution >= 0.6 is 0 Å². The highest BCUT2D eigenvalue weighted by Gasteiger charge is 2.47. The maximum atomic E-state index is 13.7. The average molecular weight is 489 g/mol. The summed E-state index contributed by atoms with van der Waals surface area (Å²) >= 11 is 0. The van der Waals surface area contributed by atoms with Crippen LogP contribution in [-0.2, 0) is 20.8 Å². The molecule has 36 heavy (non-hydrogen) atoms. The number of para-hydroxylation sites is 1. The largest absolute Gasteiger partial charge is 0.356 e. The van der Waals surface area contributed by atoms with Crippen molar-refractivity contribution in [2.75, 3.05) is 13.1 Å². The maximum absolute atomic E-state index is 13.7. The monoisotopic (exact) mass is 488 g/mol. The summed E-state index contributed by atoms with van der Waals surface area (Å²) in [6, 6.07) is 15.5. The number of piperazine rings is 1. The quantitative estimate of drug-likeness (QED) is 0.256. The van der Waals surface area contributed by atoms with Gasteiger partial charge >= 0.3 is 0 Å². The molecule has 0 aliphatic carbocycles. The van der Waals surface area contributed by atoms with Gasteiger partial charge in [-0.1, -0.05) is 60.9 Å². The number of fused-ring (bicyclic) bond motifs is 4. The summed E-state index contributed by atoms with van der Waals surface area (Å²) in [5, 5.41) is 9.69. The van der Waals surface area contributed by atoms with Gasteiger partial charge in [-0.05, 0) is 37.0 Å². The van der Waals surface area contributed by atoms with E-state index in [9.17, 15) is 14.4 Å². The SMILES string of the molecule is Cc1ccc([C@H]2c3[nH]c4ccccc4c3C[C@H]3C(=O)N(CCCCCCC(=O)NO)CC(=O)N23)cc1. The molecular weight excluding hydrogens is 456 g/mol. The van der Waals surface area contributed by atoms with Crippen LogP contribution < -0.4 is 5.48 Å².